The Morgan fingerprint density at radius 2 is 2.00 bits per heavy atom. The first-order valence-corrected chi connectivity index (χ1v) is 5.84. The van der Waals surface area contributed by atoms with E-state index in [9.17, 15) is 18.0 Å². The molecule has 1 N–H and O–H groups in total. The van der Waals surface area contributed by atoms with Gasteiger partial charge in [-0.05, 0) is 30.4 Å². The Morgan fingerprint density at radius 1 is 1.39 bits per heavy atom. The zero-order valence-electron chi connectivity index (χ0n) is 9.22. The smallest absolute Gasteiger partial charge is 0.303 e. The van der Waals surface area contributed by atoms with Gasteiger partial charge in [-0.15, -0.1) is 0 Å². The van der Waals surface area contributed by atoms with E-state index in [2.05, 4.69) is 0 Å². The Kier molecular flexibility index (Phi) is 3.52. The SMILES string of the molecule is O=C(O)CC(c1cc(F)c(Cl)c(F)c1F)C1CC1. The first kappa shape index (κ1) is 13.2. The zero-order chi connectivity index (χ0) is 13.4. The highest BCUT2D eigenvalue weighted by molar-refractivity contribution is 6.30. The van der Waals surface area contributed by atoms with Crippen molar-refractivity contribution < 1.29 is 23.1 Å². The lowest BCUT2D eigenvalue weighted by Crippen LogP contribution is -2.12. The molecule has 0 heterocycles. The van der Waals surface area contributed by atoms with Crippen molar-refractivity contribution in [1.82, 2.24) is 0 Å². The molecule has 0 aliphatic heterocycles. The lowest BCUT2D eigenvalue weighted by Gasteiger charge is -2.16. The minimum absolute atomic E-state index is 0.0319. The molecule has 1 atom stereocenters. The molecule has 2 rings (SSSR count). The topological polar surface area (TPSA) is 37.3 Å². The number of benzene rings is 1. The van der Waals surface area contributed by atoms with Crippen LogP contribution in [-0.4, -0.2) is 11.1 Å². The molecule has 2 nitrogen and oxygen atoms in total. The molecule has 98 valence electrons. The van der Waals surface area contributed by atoms with Gasteiger partial charge in [-0.3, -0.25) is 4.79 Å². The Bertz CT molecular complexity index is 501. The summed E-state index contributed by atoms with van der Waals surface area (Å²) in [5.74, 6) is -5.63. The van der Waals surface area contributed by atoms with E-state index in [4.69, 9.17) is 16.7 Å². The van der Waals surface area contributed by atoms with Crippen molar-refractivity contribution in [2.24, 2.45) is 5.92 Å². The molecule has 0 saturated heterocycles. The van der Waals surface area contributed by atoms with Gasteiger partial charge in [0, 0.05) is 5.92 Å². The monoisotopic (exact) mass is 278 g/mol. The molecule has 1 aliphatic rings. The van der Waals surface area contributed by atoms with Crippen molar-refractivity contribution in [3.8, 4) is 0 Å². The maximum Gasteiger partial charge on any atom is 0.303 e. The minimum Gasteiger partial charge on any atom is -0.481 e. The highest BCUT2D eigenvalue weighted by Crippen LogP contribution is 2.46. The largest absolute Gasteiger partial charge is 0.481 e. The minimum atomic E-state index is -1.46. The second-order valence-corrected chi connectivity index (χ2v) is 4.81. The predicted molar refractivity (Wildman–Crippen MR) is 59.0 cm³/mol. The Labute approximate surface area is 106 Å². The summed E-state index contributed by atoms with van der Waals surface area (Å²) in [7, 11) is 0. The van der Waals surface area contributed by atoms with E-state index in [0.29, 0.717) is 0 Å². The van der Waals surface area contributed by atoms with Gasteiger partial charge in [0.05, 0.1) is 6.42 Å². The highest BCUT2D eigenvalue weighted by Gasteiger charge is 2.36. The third-order valence-corrected chi connectivity index (χ3v) is 3.46. The summed E-state index contributed by atoms with van der Waals surface area (Å²) in [4.78, 5) is 10.7. The summed E-state index contributed by atoms with van der Waals surface area (Å²) in [5, 5.41) is 7.87. The molecular weight excluding hydrogens is 269 g/mol. The lowest BCUT2D eigenvalue weighted by molar-refractivity contribution is -0.137. The lowest BCUT2D eigenvalue weighted by atomic mass is 9.90. The predicted octanol–water partition coefficient (Wildman–Crippen LogP) is 3.73. The van der Waals surface area contributed by atoms with Crippen molar-refractivity contribution in [1.29, 1.82) is 0 Å². The van der Waals surface area contributed by atoms with Crippen LogP contribution in [0.5, 0.6) is 0 Å². The Morgan fingerprint density at radius 3 is 2.50 bits per heavy atom. The molecule has 1 fully saturated rings. The second kappa shape index (κ2) is 4.80. The van der Waals surface area contributed by atoms with Gasteiger partial charge in [-0.1, -0.05) is 11.6 Å². The summed E-state index contributed by atoms with van der Waals surface area (Å²) in [5.41, 5.74) is -0.237. The zero-order valence-corrected chi connectivity index (χ0v) is 9.98. The normalized spacial score (nSPS) is 16.7. The van der Waals surface area contributed by atoms with Crippen molar-refractivity contribution in [3.63, 3.8) is 0 Å². The first-order chi connectivity index (χ1) is 8.41. The number of carboxylic acids is 1. The van der Waals surface area contributed by atoms with Gasteiger partial charge in [0.2, 0.25) is 0 Å². The van der Waals surface area contributed by atoms with E-state index in [1.54, 1.807) is 0 Å². The summed E-state index contributed by atoms with van der Waals surface area (Å²) >= 11 is 5.25. The van der Waals surface area contributed by atoms with Crippen LogP contribution in [0.15, 0.2) is 6.07 Å². The fourth-order valence-corrected chi connectivity index (χ4v) is 2.22. The fourth-order valence-electron chi connectivity index (χ4n) is 2.08. The molecule has 6 heteroatoms. The van der Waals surface area contributed by atoms with Crippen LogP contribution in [0.4, 0.5) is 13.2 Å². The quantitative estimate of drug-likeness (QED) is 0.673. The van der Waals surface area contributed by atoms with Crippen LogP contribution in [0.3, 0.4) is 0 Å². The summed E-state index contributed by atoms with van der Waals surface area (Å²) in [6.07, 6.45) is 1.13. The Balaban J connectivity index is 2.44. The molecule has 0 aromatic heterocycles. The van der Waals surface area contributed by atoms with Crippen LogP contribution < -0.4 is 0 Å². The Hall–Kier alpha value is -1.23. The molecule has 0 spiro atoms. The van der Waals surface area contributed by atoms with Crippen molar-refractivity contribution in [2.75, 3.05) is 0 Å². The number of carbonyl (C=O) groups is 1. The average Bonchev–Trinajstić information content (AvgIpc) is 3.12. The second-order valence-electron chi connectivity index (χ2n) is 4.43. The maximum absolute atomic E-state index is 13.7. The molecule has 0 bridgehead atoms. The third-order valence-electron chi connectivity index (χ3n) is 3.12. The summed E-state index contributed by atoms with van der Waals surface area (Å²) < 4.78 is 40.4. The molecular formula is C12H10ClF3O2. The van der Waals surface area contributed by atoms with Crippen LogP contribution in [0.2, 0.25) is 5.02 Å². The molecule has 1 aromatic carbocycles. The molecule has 1 saturated carbocycles. The van der Waals surface area contributed by atoms with Crippen LogP contribution in [0.25, 0.3) is 0 Å². The van der Waals surface area contributed by atoms with Gasteiger partial charge in [-0.2, -0.15) is 0 Å². The van der Waals surface area contributed by atoms with Gasteiger partial charge < -0.3 is 5.11 Å². The number of hydrogen-bond acceptors (Lipinski definition) is 1. The van der Waals surface area contributed by atoms with E-state index in [0.717, 1.165) is 18.9 Å². The van der Waals surface area contributed by atoms with Crippen molar-refractivity contribution in [2.45, 2.75) is 25.2 Å². The molecule has 1 aliphatic carbocycles. The molecule has 1 aromatic rings. The van der Waals surface area contributed by atoms with Crippen molar-refractivity contribution in [3.05, 3.63) is 34.1 Å². The van der Waals surface area contributed by atoms with E-state index < -0.39 is 34.4 Å². The maximum atomic E-state index is 13.7. The van der Waals surface area contributed by atoms with Crippen LogP contribution >= 0.6 is 11.6 Å². The van der Waals surface area contributed by atoms with Crippen molar-refractivity contribution >= 4 is 17.6 Å². The molecule has 0 amide bonds. The number of aliphatic carboxylic acids is 1. The van der Waals surface area contributed by atoms with E-state index in [1.165, 1.54) is 0 Å². The number of hydrogen-bond donors (Lipinski definition) is 1. The average molecular weight is 279 g/mol. The number of rotatable bonds is 4. The number of halogens is 4. The molecule has 1 unspecified atom stereocenters. The van der Waals surface area contributed by atoms with Crippen LogP contribution in [0.1, 0.15) is 30.7 Å². The van der Waals surface area contributed by atoms with Crippen LogP contribution in [0, 0.1) is 23.4 Å². The van der Waals surface area contributed by atoms with Crippen LogP contribution in [-0.2, 0) is 4.79 Å². The number of carboxylic acid groups (broad SMARTS) is 1. The standard InChI is InChI=1S/C12H10ClF3O2/c13-10-8(14)3-7(11(15)12(10)16)6(4-9(17)18)5-1-2-5/h3,5-6H,1-2,4H2,(H,17,18). The fraction of sp³-hybridized carbons (Fsp3) is 0.417. The van der Waals surface area contributed by atoms with Gasteiger partial charge in [0.1, 0.15) is 10.8 Å². The highest BCUT2D eigenvalue weighted by atomic mass is 35.5. The van der Waals surface area contributed by atoms with Gasteiger partial charge in [-0.25, -0.2) is 13.2 Å². The molecule has 18 heavy (non-hydrogen) atoms. The summed E-state index contributed by atoms with van der Waals surface area (Å²) in [6, 6.07) is 0.798. The first-order valence-electron chi connectivity index (χ1n) is 5.46. The van der Waals surface area contributed by atoms with Gasteiger partial charge in [0.15, 0.2) is 11.6 Å². The van der Waals surface area contributed by atoms with Gasteiger partial charge in [0.25, 0.3) is 0 Å². The van der Waals surface area contributed by atoms with E-state index >= 15 is 0 Å². The van der Waals surface area contributed by atoms with Gasteiger partial charge >= 0.3 is 5.97 Å². The summed E-state index contributed by atoms with van der Waals surface area (Å²) in [6.45, 7) is 0. The molecule has 0 radical (unpaired) electrons. The van der Waals surface area contributed by atoms with E-state index in [1.807, 2.05) is 0 Å². The third kappa shape index (κ3) is 2.46. The van der Waals surface area contributed by atoms with E-state index in [-0.39, 0.29) is 17.9 Å².